The molecular formula is C11H17NO2. The lowest BCUT2D eigenvalue weighted by Crippen LogP contribution is -2.28. The van der Waals surface area contributed by atoms with Gasteiger partial charge in [0.2, 0.25) is 0 Å². The van der Waals surface area contributed by atoms with E-state index in [0.29, 0.717) is 25.2 Å². The van der Waals surface area contributed by atoms with Crippen LogP contribution in [0.2, 0.25) is 0 Å². The third kappa shape index (κ3) is 4.62. The fourth-order valence-corrected chi connectivity index (χ4v) is 1.05. The van der Waals surface area contributed by atoms with E-state index in [0.717, 1.165) is 0 Å². The second kappa shape index (κ2) is 7.09. The molecule has 0 saturated carbocycles. The van der Waals surface area contributed by atoms with Gasteiger partial charge in [-0.05, 0) is 0 Å². The zero-order chi connectivity index (χ0) is 11.0. The summed E-state index contributed by atoms with van der Waals surface area (Å²) in [5.74, 6) is -0.372. The van der Waals surface area contributed by atoms with Gasteiger partial charge in [-0.25, -0.2) is 4.79 Å². The molecule has 0 bridgehead atoms. The number of hydrogen-bond acceptors (Lipinski definition) is 3. The Morgan fingerprint density at radius 3 is 2.21 bits per heavy atom. The molecule has 14 heavy (non-hydrogen) atoms. The van der Waals surface area contributed by atoms with Crippen molar-refractivity contribution in [2.75, 3.05) is 26.7 Å². The molecule has 0 saturated heterocycles. The third-order valence-electron chi connectivity index (χ3n) is 1.66. The molecule has 0 fully saturated rings. The molecule has 0 radical (unpaired) electrons. The molecule has 0 aromatic rings. The van der Waals surface area contributed by atoms with E-state index in [1.54, 1.807) is 12.2 Å². The van der Waals surface area contributed by atoms with Gasteiger partial charge in [0.15, 0.2) is 0 Å². The molecular weight excluding hydrogens is 178 g/mol. The number of esters is 1. The van der Waals surface area contributed by atoms with Crippen molar-refractivity contribution < 1.29 is 9.53 Å². The normalized spacial score (nSPS) is 9.57. The maximum Gasteiger partial charge on any atom is 0.334 e. The topological polar surface area (TPSA) is 29.5 Å². The first-order valence-corrected chi connectivity index (χ1v) is 4.36. The molecule has 0 N–H and O–H groups in total. The summed E-state index contributed by atoms with van der Waals surface area (Å²) in [7, 11) is 1.35. The van der Waals surface area contributed by atoms with Crippen molar-refractivity contribution in [3.8, 4) is 0 Å². The van der Waals surface area contributed by atoms with Gasteiger partial charge in [-0.2, -0.15) is 0 Å². The lowest BCUT2D eigenvalue weighted by molar-refractivity contribution is -0.136. The van der Waals surface area contributed by atoms with Crippen LogP contribution in [0.1, 0.15) is 0 Å². The quantitative estimate of drug-likeness (QED) is 0.349. The van der Waals surface area contributed by atoms with Crippen LogP contribution >= 0.6 is 0 Å². The molecule has 0 amide bonds. The van der Waals surface area contributed by atoms with Crippen molar-refractivity contribution in [3.63, 3.8) is 0 Å². The molecule has 78 valence electrons. The van der Waals surface area contributed by atoms with E-state index in [1.165, 1.54) is 7.11 Å². The molecule has 0 aromatic carbocycles. The van der Waals surface area contributed by atoms with E-state index >= 15 is 0 Å². The largest absolute Gasteiger partial charge is 0.466 e. The average molecular weight is 195 g/mol. The van der Waals surface area contributed by atoms with Crippen LogP contribution < -0.4 is 0 Å². The van der Waals surface area contributed by atoms with Gasteiger partial charge in [0.25, 0.3) is 0 Å². The summed E-state index contributed by atoms with van der Waals surface area (Å²) in [6.07, 6.45) is 3.54. The number of rotatable bonds is 7. The second-order valence-electron chi connectivity index (χ2n) is 2.87. The predicted octanol–water partition coefficient (Wildman–Crippen LogP) is 1.39. The molecule has 3 heteroatoms. The summed E-state index contributed by atoms with van der Waals surface area (Å²) in [6.45, 7) is 12.8. The number of nitrogens with zero attached hydrogens (tertiary/aromatic N) is 1. The summed E-state index contributed by atoms with van der Waals surface area (Å²) < 4.78 is 4.55. The minimum atomic E-state index is -0.372. The number of ether oxygens (including phenoxy) is 1. The van der Waals surface area contributed by atoms with E-state index in [4.69, 9.17) is 0 Å². The van der Waals surface area contributed by atoms with Crippen LogP contribution in [0.3, 0.4) is 0 Å². The summed E-state index contributed by atoms with van der Waals surface area (Å²) in [5, 5.41) is 0. The summed E-state index contributed by atoms with van der Waals surface area (Å²) in [4.78, 5) is 13.0. The molecule has 0 heterocycles. The highest BCUT2D eigenvalue weighted by Gasteiger charge is 2.10. The Balaban J connectivity index is 4.13. The van der Waals surface area contributed by atoms with Crippen LogP contribution in [0.15, 0.2) is 37.5 Å². The number of carbonyl (C=O) groups excluding carboxylic acids is 1. The highest BCUT2D eigenvalue weighted by Crippen LogP contribution is 1.99. The standard InChI is InChI=1S/C11H17NO2/c1-5-7-12(8-6-2)9-10(3)11(13)14-4/h5-6H,1-3,7-9H2,4H3. The van der Waals surface area contributed by atoms with Crippen molar-refractivity contribution >= 4 is 5.97 Å². The van der Waals surface area contributed by atoms with E-state index in [2.05, 4.69) is 24.5 Å². The molecule has 0 aliphatic heterocycles. The fraction of sp³-hybridized carbons (Fsp3) is 0.364. The van der Waals surface area contributed by atoms with Crippen molar-refractivity contribution in [1.29, 1.82) is 0 Å². The van der Waals surface area contributed by atoms with Crippen LogP contribution in [0.4, 0.5) is 0 Å². The van der Waals surface area contributed by atoms with Crippen LogP contribution in [-0.4, -0.2) is 37.6 Å². The Bertz CT molecular complexity index is 223. The van der Waals surface area contributed by atoms with E-state index < -0.39 is 0 Å². The number of hydrogen-bond donors (Lipinski definition) is 0. The molecule has 0 rings (SSSR count). The van der Waals surface area contributed by atoms with E-state index in [1.807, 2.05) is 4.90 Å². The van der Waals surface area contributed by atoms with Gasteiger partial charge in [-0.3, -0.25) is 4.90 Å². The van der Waals surface area contributed by atoms with Crippen molar-refractivity contribution in [3.05, 3.63) is 37.5 Å². The van der Waals surface area contributed by atoms with Gasteiger partial charge in [-0.15, -0.1) is 13.2 Å². The molecule has 0 aliphatic carbocycles. The van der Waals surface area contributed by atoms with Crippen LogP contribution in [0.5, 0.6) is 0 Å². The minimum Gasteiger partial charge on any atom is -0.466 e. The highest BCUT2D eigenvalue weighted by molar-refractivity contribution is 5.88. The van der Waals surface area contributed by atoms with Gasteiger partial charge in [0, 0.05) is 25.2 Å². The predicted molar refractivity (Wildman–Crippen MR) is 58.0 cm³/mol. The highest BCUT2D eigenvalue weighted by atomic mass is 16.5. The average Bonchev–Trinajstić information content (AvgIpc) is 2.17. The van der Waals surface area contributed by atoms with Gasteiger partial charge in [0.1, 0.15) is 0 Å². The lowest BCUT2D eigenvalue weighted by Gasteiger charge is -2.18. The molecule has 0 aliphatic rings. The zero-order valence-electron chi connectivity index (χ0n) is 8.66. The first-order chi connectivity index (χ1) is 6.65. The van der Waals surface area contributed by atoms with Gasteiger partial charge >= 0.3 is 5.97 Å². The van der Waals surface area contributed by atoms with Gasteiger partial charge in [0.05, 0.1) is 7.11 Å². The SMILES string of the molecule is C=CCN(CC=C)CC(=C)C(=O)OC. The third-order valence-corrected chi connectivity index (χ3v) is 1.66. The Hall–Kier alpha value is -1.35. The Labute approximate surface area is 85.4 Å². The minimum absolute atomic E-state index is 0.372. The van der Waals surface area contributed by atoms with Gasteiger partial charge < -0.3 is 4.74 Å². The smallest absolute Gasteiger partial charge is 0.334 e. The summed E-state index contributed by atoms with van der Waals surface area (Å²) in [6, 6.07) is 0. The zero-order valence-corrected chi connectivity index (χ0v) is 8.66. The Morgan fingerprint density at radius 2 is 1.86 bits per heavy atom. The van der Waals surface area contributed by atoms with Crippen LogP contribution in [0, 0.1) is 0 Å². The molecule has 3 nitrogen and oxygen atoms in total. The van der Waals surface area contributed by atoms with Crippen molar-refractivity contribution in [2.45, 2.75) is 0 Å². The number of carbonyl (C=O) groups is 1. The first kappa shape index (κ1) is 12.7. The Morgan fingerprint density at radius 1 is 1.36 bits per heavy atom. The molecule has 0 atom stereocenters. The summed E-state index contributed by atoms with van der Waals surface area (Å²) in [5.41, 5.74) is 0.441. The summed E-state index contributed by atoms with van der Waals surface area (Å²) >= 11 is 0. The molecule has 0 unspecified atom stereocenters. The van der Waals surface area contributed by atoms with Crippen LogP contribution in [-0.2, 0) is 9.53 Å². The fourth-order valence-electron chi connectivity index (χ4n) is 1.05. The lowest BCUT2D eigenvalue weighted by atomic mass is 10.2. The van der Waals surface area contributed by atoms with E-state index in [9.17, 15) is 4.79 Å². The maximum atomic E-state index is 11.1. The van der Waals surface area contributed by atoms with Crippen molar-refractivity contribution in [1.82, 2.24) is 4.90 Å². The van der Waals surface area contributed by atoms with E-state index in [-0.39, 0.29) is 5.97 Å². The molecule has 0 aromatic heterocycles. The monoisotopic (exact) mass is 195 g/mol. The first-order valence-electron chi connectivity index (χ1n) is 4.36. The molecule has 0 spiro atoms. The Kier molecular flexibility index (Phi) is 6.41. The van der Waals surface area contributed by atoms with Gasteiger partial charge in [-0.1, -0.05) is 18.7 Å². The second-order valence-corrected chi connectivity index (χ2v) is 2.87. The number of methoxy groups -OCH3 is 1. The maximum absolute atomic E-state index is 11.1. The van der Waals surface area contributed by atoms with Crippen molar-refractivity contribution in [2.24, 2.45) is 0 Å². The van der Waals surface area contributed by atoms with Crippen LogP contribution in [0.25, 0.3) is 0 Å².